The summed E-state index contributed by atoms with van der Waals surface area (Å²) in [6, 6.07) is 5.07. The summed E-state index contributed by atoms with van der Waals surface area (Å²) >= 11 is 0. The van der Waals surface area contributed by atoms with Crippen molar-refractivity contribution >= 4 is 0 Å². The minimum absolute atomic E-state index is 0.134. The molecule has 0 nitrogen and oxygen atoms in total. The maximum atomic E-state index is 12.8. The molecule has 0 radical (unpaired) electrons. The van der Waals surface area contributed by atoms with Gasteiger partial charge >= 0.3 is 0 Å². The summed E-state index contributed by atoms with van der Waals surface area (Å²) in [4.78, 5) is 0. The Bertz CT molecular complexity index is 278. The lowest BCUT2D eigenvalue weighted by Gasteiger charge is -2.13. The van der Waals surface area contributed by atoms with Crippen LogP contribution in [0.1, 0.15) is 43.7 Å². The molecule has 0 aromatic heterocycles. The van der Waals surface area contributed by atoms with Gasteiger partial charge in [-0.1, -0.05) is 26.3 Å². The van der Waals surface area contributed by atoms with Crippen LogP contribution in [0.2, 0.25) is 0 Å². The van der Waals surface area contributed by atoms with Crippen molar-refractivity contribution in [2.45, 2.75) is 39.5 Å². The van der Waals surface area contributed by atoms with E-state index in [4.69, 9.17) is 0 Å². The van der Waals surface area contributed by atoms with E-state index < -0.39 is 0 Å². The average Bonchev–Trinajstić information content (AvgIpc) is 2.04. The summed E-state index contributed by atoms with van der Waals surface area (Å²) < 4.78 is 12.8. The van der Waals surface area contributed by atoms with Crippen LogP contribution < -0.4 is 0 Å². The van der Waals surface area contributed by atoms with Crippen molar-refractivity contribution < 1.29 is 4.39 Å². The molecule has 0 fully saturated rings. The standard InChI is InChI=1S/C12H17F/c1-4-5-9(2)12-7-6-11(13)8-10(12)3/h6-9H,4-5H2,1-3H3/t9-/m1/s1. The van der Waals surface area contributed by atoms with Crippen LogP contribution in [0.3, 0.4) is 0 Å². The van der Waals surface area contributed by atoms with E-state index in [2.05, 4.69) is 13.8 Å². The van der Waals surface area contributed by atoms with Crippen molar-refractivity contribution in [3.8, 4) is 0 Å². The second kappa shape index (κ2) is 4.40. The second-order valence-corrected chi connectivity index (χ2v) is 3.69. The number of hydrogen-bond donors (Lipinski definition) is 0. The predicted molar refractivity (Wildman–Crippen MR) is 54.5 cm³/mol. The number of rotatable bonds is 3. The summed E-state index contributed by atoms with van der Waals surface area (Å²) in [6.07, 6.45) is 2.35. The molecule has 1 atom stereocenters. The van der Waals surface area contributed by atoms with Crippen molar-refractivity contribution in [3.63, 3.8) is 0 Å². The van der Waals surface area contributed by atoms with Crippen molar-refractivity contribution in [1.82, 2.24) is 0 Å². The Kier molecular flexibility index (Phi) is 3.47. The maximum absolute atomic E-state index is 12.8. The molecule has 0 heterocycles. The fraction of sp³-hybridized carbons (Fsp3) is 0.500. The third-order valence-electron chi connectivity index (χ3n) is 2.48. The zero-order chi connectivity index (χ0) is 9.84. The summed E-state index contributed by atoms with van der Waals surface area (Å²) in [6.45, 7) is 6.35. The van der Waals surface area contributed by atoms with Gasteiger partial charge in [0, 0.05) is 0 Å². The normalized spacial score (nSPS) is 12.9. The fourth-order valence-electron chi connectivity index (χ4n) is 1.78. The molecule has 1 heteroatoms. The van der Waals surface area contributed by atoms with E-state index in [0.29, 0.717) is 5.92 Å². The highest BCUT2D eigenvalue weighted by molar-refractivity contribution is 5.29. The molecule has 0 unspecified atom stereocenters. The van der Waals surface area contributed by atoms with Gasteiger partial charge in [0.1, 0.15) is 5.82 Å². The summed E-state index contributed by atoms with van der Waals surface area (Å²) in [5, 5.41) is 0. The largest absolute Gasteiger partial charge is 0.207 e. The highest BCUT2D eigenvalue weighted by atomic mass is 19.1. The zero-order valence-electron chi connectivity index (χ0n) is 8.60. The van der Waals surface area contributed by atoms with Gasteiger partial charge in [-0.2, -0.15) is 0 Å². The highest BCUT2D eigenvalue weighted by Crippen LogP contribution is 2.24. The molecule has 0 aliphatic carbocycles. The SMILES string of the molecule is CCC[C@@H](C)c1ccc(F)cc1C. The summed E-state index contributed by atoms with van der Waals surface area (Å²) in [5.74, 6) is 0.413. The molecule has 1 aromatic rings. The molecular weight excluding hydrogens is 163 g/mol. The molecule has 0 amide bonds. The topological polar surface area (TPSA) is 0 Å². The minimum Gasteiger partial charge on any atom is -0.207 e. The molecule has 0 aliphatic rings. The van der Waals surface area contributed by atoms with E-state index in [9.17, 15) is 4.39 Å². The third-order valence-corrected chi connectivity index (χ3v) is 2.48. The van der Waals surface area contributed by atoms with Gasteiger partial charge < -0.3 is 0 Å². The first-order valence-corrected chi connectivity index (χ1v) is 4.91. The van der Waals surface area contributed by atoms with Gasteiger partial charge in [0.2, 0.25) is 0 Å². The lowest BCUT2D eigenvalue weighted by molar-refractivity contribution is 0.619. The monoisotopic (exact) mass is 180 g/mol. The lowest BCUT2D eigenvalue weighted by Crippen LogP contribution is -1.96. The molecule has 0 saturated heterocycles. The van der Waals surface area contributed by atoms with E-state index in [1.165, 1.54) is 18.4 Å². The Labute approximate surface area is 79.8 Å². The van der Waals surface area contributed by atoms with E-state index in [0.717, 1.165) is 5.56 Å². The van der Waals surface area contributed by atoms with Crippen molar-refractivity contribution in [3.05, 3.63) is 35.1 Å². The molecule has 13 heavy (non-hydrogen) atoms. The van der Waals surface area contributed by atoms with E-state index in [1.54, 1.807) is 12.1 Å². The van der Waals surface area contributed by atoms with Crippen molar-refractivity contribution in [2.75, 3.05) is 0 Å². The van der Waals surface area contributed by atoms with E-state index >= 15 is 0 Å². The molecule has 1 aromatic carbocycles. The minimum atomic E-state index is -0.134. The molecule has 0 N–H and O–H groups in total. The van der Waals surface area contributed by atoms with Crippen LogP contribution in [0, 0.1) is 12.7 Å². The Morgan fingerprint density at radius 3 is 2.62 bits per heavy atom. The zero-order valence-corrected chi connectivity index (χ0v) is 8.60. The summed E-state index contributed by atoms with van der Waals surface area (Å²) in [5.41, 5.74) is 2.35. The third kappa shape index (κ3) is 2.55. The number of hydrogen-bond acceptors (Lipinski definition) is 0. The van der Waals surface area contributed by atoms with Gasteiger partial charge in [0.25, 0.3) is 0 Å². The quantitative estimate of drug-likeness (QED) is 0.658. The van der Waals surface area contributed by atoms with Crippen LogP contribution in [0.5, 0.6) is 0 Å². The molecule has 1 rings (SSSR count). The van der Waals surface area contributed by atoms with Crippen LogP contribution >= 0.6 is 0 Å². The van der Waals surface area contributed by atoms with Crippen LogP contribution in [-0.2, 0) is 0 Å². The van der Waals surface area contributed by atoms with Gasteiger partial charge in [-0.3, -0.25) is 0 Å². The first-order chi connectivity index (χ1) is 6.15. The van der Waals surface area contributed by atoms with Gasteiger partial charge in [0.15, 0.2) is 0 Å². The van der Waals surface area contributed by atoms with Gasteiger partial charge in [-0.05, 0) is 42.5 Å². The van der Waals surface area contributed by atoms with Crippen LogP contribution in [0.15, 0.2) is 18.2 Å². The van der Waals surface area contributed by atoms with Gasteiger partial charge in [0.05, 0.1) is 0 Å². The van der Waals surface area contributed by atoms with E-state index in [1.807, 2.05) is 13.0 Å². The van der Waals surface area contributed by atoms with Gasteiger partial charge in [-0.15, -0.1) is 0 Å². The van der Waals surface area contributed by atoms with Crippen molar-refractivity contribution in [1.29, 1.82) is 0 Å². The Hall–Kier alpha value is -0.850. The van der Waals surface area contributed by atoms with Crippen LogP contribution in [0.4, 0.5) is 4.39 Å². The van der Waals surface area contributed by atoms with E-state index in [-0.39, 0.29) is 5.82 Å². The van der Waals surface area contributed by atoms with Gasteiger partial charge in [-0.25, -0.2) is 4.39 Å². The number of halogens is 1. The maximum Gasteiger partial charge on any atom is 0.123 e. The molecule has 0 spiro atoms. The average molecular weight is 180 g/mol. The Morgan fingerprint density at radius 2 is 2.08 bits per heavy atom. The molecule has 0 saturated carbocycles. The second-order valence-electron chi connectivity index (χ2n) is 3.69. The van der Waals surface area contributed by atoms with Crippen molar-refractivity contribution in [2.24, 2.45) is 0 Å². The lowest BCUT2D eigenvalue weighted by atomic mass is 9.93. The highest BCUT2D eigenvalue weighted by Gasteiger charge is 2.07. The van der Waals surface area contributed by atoms with Crippen LogP contribution in [-0.4, -0.2) is 0 Å². The first-order valence-electron chi connectivity index (χ1n) is 4.91. The van der Waals surface area contributed by atoms with Crippen LogP contribution in [0.25, 0.3) is 0 Å². The Balaban J connectivity index is 2.88. The number of aryl methyl sites for hydroxylation is 1. The summed E-state index contributed by atoms with van der Waals surface area (Å²) in [7, 11) is 0. The molecule has 72 valence electrons. The smallest absolute Gasteiger partial charge is 0.123 e. The predicted octanol–water partition coefficient (Wildman–Crippen LogP) is 4.04. The first kappa shape index (κ1) is 10.2. The fourth-order valence-corrected chi connectivity index (χ4v) is 1.78. The Morgan fingerprint density at radius 1 is 1.38 bits per heavy atom. The molecular formula is C12H17F. The molecule has 0 aliphatic heterocycles. The number of benzene rings is 1. The molecule has 0 bridgehead atoms.